The molecule has 0 amide bonds. The number of hydrogen-bond acceptors (Lipinski definition) is 4. The molecule has 1 aromatic heterocycles. The molecule has 1 aromatic carbocycles. The van der Waals surface area contributed by atoms with Crippen molar-refractivity contribution >= 4 is 11.6 Å². The molecule has 92 valence electrons. The van der Waals surface area contributed by atoms with Crippen molar-refractivity contribution in [2.45, 2.75) is 30.2 Å². The molecule has 0 unspecified atom stereocenters. The molecule has 5 heteroatoms. The van der Waals surface area contributed by atoms with E-state index in [1.807, 2.05) is 24.3 Å². The Morgan fingerprint density at radius 1 is 1.17 bits per heavy atom. The number of aromatic nitrogens is 2. The second kappa shape index (κ2) is 3.13. The van der Waals surface area contributed by atoms with Gasteiger partial charge < -0.3 is 10.3 Å². The van der Waals surface area contributed by atoms with Crippen LogP contribution in [0.5, 0.6) is 0 Å². The fraction of sp³-hybridized carbons (Fsp3) is 0.385. The monoisotopic (exact) mass is 261 g/mol. The molecule has 1 heterocycles. The van der Waals surface area contributed by atoms with Gasteiger partial charge in [-0.15, -0.1) is 0 Å². The molecular formula is C13H12ClN3O. The van der Waals surface area contributed by atoms with Crippen molar-refractivity contribution in [3.05, 3.63) is 35.1 Å². The summed E-state index contributed by atoms with van der Waals surface area (Å²) in [7, 11) is 0. The standard InChI is InChI=1S/C13H12ClN3O/c14-9-3-1-8(2-4-9)10-16-11(17-18-10)12-5-13(15,6-12)7-12/h1-4H,5-7,15H2. The van der Waals surface area contributed by atoms with Crippen LogP contribution >= 0.6 is 11.6 Å². The van der Waals surface area contributed by atoms with E-state index in [-0.39, 0.29) is 11.0 Å². The van der Waals surface area contributed by atoms with E-state index in [0.29, 0.717) is 10.9 Å². The fourth-order valence-corrected chi connectivity index (χ4v) is 3.38. The summed E-state index contributed by atoms with van der Waals surface area (Å²) in [6.45, 7) is 0. The molecule has 5 rings (SSSR count). The van der Waals surface area contributed by atoms with E-state index in [0.717, 1.165) is 30.7 Å². The smallest absolute Gasteiger partial charge is 0.257 e. The molecule has 3 fully saturated rings. The normalized spacial score (nSPS) is 32.8. The van der Waals surface area contributed by atoms with Gasteiger partial charge in [0.1, 0.15) is 0 Å². The molecule has 18 heavy (non-hydrogen) atoms. The first-order valence-electron chi connectivity index (χ1n) is 5.98. The van der Waals surface area contributed by atoms with Crippen molar-refractivity contribution < 1.29 is 4.52 Å². The highest BCUT2D eigenvalue weighted by molar-refractivity contribution is 6.30. The number of rotatable bonds is 2. The Morgan fingerprint density at radius 2 is 1.83 bits per heavy atom. The average molecular weight is 262 g/mol. The van der Waals surface area contributed by atoms with Crippen LogP contribution in [-0.2, 0) is 5.41 Å². The number of nitrogens with zero attached hydrogens (tertiary/aromatic N) is 2. The number of nitrogens with two attached hydrogens (primary N) is 1. The zero-order chi connectivity index (χ0) is 12.4. The van der Waals surface area contributed by atoms with Crippen LogP contribution in [-0.4, -0.2) is 15.7 Å². The zero-order valence-electron chi connectivity index (χ0n) is 9.69. The molecule has 3 aliphatic rings. The summed E-state index contributed by atoms with van der Waals surface area (Å²) < 4.78 is 5.33. The van der Waals surface area contributed by atoms with E-state index < -0.39 is 0 Å². The van der Waals surface area contributed by atoms with Crippen LogP contribution in [0.4, 0.5) is 0 Å². The van der Waals surface area contributed by atoms with Crippen LogP contribution in [0.25, 0.3) is 11.5 Å². The third kappa shape index (κ3) is 1.30. The van der Waals surface area contributed by atoms with Crippen molar-refractivity contribution in [1.29, 1.82) is 0 Å². The van der Waals surface area contributed by atoms with Crippen molar-refractivity contribution in [2.75, 3.05) is 0 Å². The largest absolute Gasteiger partial charge is 0.334 e. The van der Waals surface area contributed by atoms with Crippen molar-refractivity contribution in [3.8, 4) is 11.5 Å². The Hall–Kier alpha value is -1.39. The van der Waals surface area contributed by atoms with Crippen LogP contribution in [0.1, 0.15) is 25.1 Å². The van der Waals surface area contributed by atoms with Gasteiger partial charge in [0.05, 0.1) is 0 Å². The number of hydrogen-bond donors (Lipinski definition) is 1. The van der Waals surface area contributed by atoms with Gasteiger partial charge >= 0.3 is 0 Å². The molecule has 0 aliphatic heterocycles. The lowest BCUT2D eigenvalue weighted by Gasteiger charge is -2.67. The van der Waals surface area contributed by atoms with E-state index in [1.165, 1.54) is 0 Å². The van der Waals surface area contributed by atoms with Gasteiger partial charge in [-0.25, -0.2) is 0 Å². The molecule has 3 saturated carbocycles. The molecule has 2 N–H and O–H groups in total. The van der Waals surface area contributed by atoms with E-state index in [4.69, 9.17) is 21.9 Å². The third-order valence-corrected chi connectivity index (χ3v) is 4.31. The summed E-state index contributed by atoms with van der Waals surface area (Å²) in [5, 5.41) is 4.80. The van der Waals surface area contributed by atoms with Crippen LogP contribution in [0.15, 0.2) is 28.8 Å². The molecule has 0 atom stereocenters. The van der Waals surface area contributed by atoms with Crippen molar-refractivity contribution in [3.63, 3.8) is 0 Å². The highest BCUT2D eigenvalue weighted by Gasteiger charge is 2.68. The summed E-state index contributed by atoms with van der Waals surface area (Å²) >= 11 is 5.85. The summed E-state index contributed by atoms with van der Waals surface area (Å²) in [6, 6.07) is 7.39. The molecule has 2 aromatic rings. The Kier molecular flexibility index (Phi) is 1.83. The van der Waals surface area contributed by atoms with Gasteiger partial charge in [-0.3, -0.25) is 0 Å². The summed E-state index contributed by atoms with van der Waals surface area (Å²) in [5.74, 6) is 1.36. The second-order valence-corrected chi connectivity index (χ2v) is 6.04. The van der Waals surface area contributed by atoms with Crippen LogP contribution in [0.3, 0.4) is 0 Å². The summed E-state index contributed by atoms with van der Waals surface area (Å²) in [4.78, 5) is 4.50. The summed E-state index contributed by atoms with van der Waals surface area (Å²) in [5.41, 5.74) is 7.10. The van der Waals surface area contributed by atoms with E-state index >= 15 is 0 Å². The minimum Gasteiger partial charge on any atom is -0.334 e. The van der Waals surface area contributed by atoms with Crippen molar-refractivity contribution in [1.82, 2.24) is 10.1 Å². The van der Waals surface area contributed by atoms with Gasteiger partial charge in [0.15, 0.2) is 5.82 Å². The number of halogens is 1. The molecule has 0 spiro atoms. The fourth-order valence-electron chi connectivity index (χ4n) is 3.25. The first-order chi connectivity index (χ1) is 8.59. The van der Waals surface area contributed by atoms with E-state index in [2.05, 4.69) is 10.1 Å². The van der Waals surface area contributed by atoms with Gasteiger partial charge in [0.2, 0.25) is 0 Å². The second-order valence-electron chi connectivity index (χ2n) is 5.60. The lowest BCUT2D eigenvalue weighted by atomic mass is 9.39. The predicted molar refractivity (Wildman–Crippen MR) is 67.2 cm³/mol. The average Bonchev–Trinajstić information content (AvgIpc) is 2.74. The highest BCUT2D eigenvalue weighted by Crippen LogP contribution is 2.65. The van der Waals surface area contributed by atoms with Crippen molar-refractivity contribution in [2.24, 2.45) is 5.73 Å². The van der Waals surface area contributed by atoms with E-state index in [9.17, 15) is 0 Å². The zero-order valence-corrected chi connectivity index (χ0v) is 10.4. The van der Waals surface area contributed by atoms with Gasteiger partial charge in [-0.1, -0.05) is 16.8 Å². The van der Waals surface area contributed by atoms with Crippen LogP contribution in [0, 0.1) is 0 Å². The molecule has 0 saturated heterocycles. The predicted octanol–water partition coefficient (Wildman–Crippen LogP) is 2.52. The minimum absolute atomic E-state index is 0.0566. The van der Waals surface area contributed by atoms with Crippen LogP contribution in [0.2, 0.25) is 5.02 Å². The Bertz CT molecular complexity index is 600. The van der Waals surface area contributed by atoms with E-state index in [1.54, 1.807) is 0 Å². The molecule has 0 radical (unpaired) electrons. The highest BCUT2D eigenvalue weighted by atomic mass is 35.5. The van der Waals surface area contributed by atoms with Gasteiger partial charge in [0.25, 0.3) is 5.89 Å². The third-order valence-electron chi connectivity index (χ3n) is 4.06. The van der Waals surface area contributed by atoms with Gasteiger partial charge in [-0.2, -0.15) is 4.98 Å². The Balaban J connectivity index is 1.65. The molecule has 4 nitrogen and oxygen atoms in total. The van der Waals surface area contributed by atoms with Crippen LogP contribution < -0.4 is 5.73 Å². The maximum Gasteiger partial charge on any atom is 0.257 e. The Morgan fingerprint density at radius 3 is 2.44 bits per heavy atom. The molecular weight excluding hydrogens is 250 g/mol. The summed E-state index contributed by atoms with van der Waals surface area (Å²) in [6.07, 6.45) is 2.96. The van der Waals surface area contributed by atoms with Gasteiger partial charge in [0, 0.05) is 21.5 Å². The SMILES string of the molecule is NC12CC(c3noc(-c4ccc(Cl)cc4)n3)(C1)C2. The first kappa shape index (κ1) is 10.5. The Labute approximate surface area is 109 Å². The quantitative estimate of drug-likeness (QED) is 0.902. The maximum atomic E-state index is 6.04. The molecule has 2 bridgehead atoms. The first-order valence-corrected chi connectivity index (χ1v) is 6.36. The number of benzene rings is 1. The lowest BCUT2D eigenvalue weighted by Crippen LogP contribution is -2.74. The molecule has 3 aliphatic carbocycles. The minimum atomic E-state index is 0.0566. The lowest BCUT2D eigenvalue weighted by molar-refractivity contribution is -0.0664. The van der Waals surface area contributed by atoms with Gasteiger partial charge in [-0.05, 0) is 43.5 Å². The topological polar surface area (TPSA) is 64.9 Å². The maximum absolute atomic E-state index is 6.04.